The van der Waals surface area contributed by atoms with Crippen LogP contribution in [-0.4, -0.2) is 20.0 Å². The molecule has 0 fully saturated rings. The number of rotatable bonds is 3. The summed E-state index contributed by atoms with van der Waals surface area (Å²) in [5.74, 6) is -0.0837. The lowest BCUT2D eigenvalue weighted by Gasteiger charge is -2.14. The Balaban J connectivity index is 2.17. The molecular weight excluding hydrogens is 236 g/mol. The maximum atomic E-state index is 12.1. The Kier molecular flexibility index (Phi) is 3.85. The van der Waals surface area contributed by atoms with Crippen LogP contribution < -0.4 is 10.2 Å². The molecule has 0 bridgehead atoms. The van der Waals surface area contributed by atoms with Crippen molar-refractivity contribution >= 4 is 17.3 Å². The lowest BCUT2D eigenvalue weighted by molar-refractivity contribution is 0.102. The zero-order chi connectivity index (χ0) is 13.8. The lowest BCUT2D eigenvalue weighted by atomic mass is 10.1. The number of nitrogens with zero attached hydrogens (tertiary/aromatic N) is 1. The van der Waals surface area contributed by atoms with Crippen molar-refractivity contribution in [3.8, 4) is 0 Å². The van der Waals surface area contributed by atoms with Gasteiger partial charge in [-0.25, -0.2) is 0 Å². The normalized spacial score (nSPS) is 10.1. The molecule has 1 amide bonds. The van der Waals surface area contributed by atoms with Crippen molar-refractivity contribution in [3.05, 3.63) is 59.7 Å². The van der Waals surface area contributed by atoms with E-state index >= 15 is 0 Å². The minimum absolute atomic E-state index is 0.0837. The van der Waals surface area contributed by atoms with Gasteiger partial charge in [0.1, 0.15) is 0 Å². The molecule has 2 aromatic carbocycles. The molecule has 0 aliphatic carbocycles. The third-order valence-electron chi connectivity index (χ3n) is 2.90. The fourth-order valence-electron chi connectivity index (χ4n) is 1.85. The Morgan fingerprint density at radius 2 is 1.79 bits per heavy atom. The number of carbonyl (C=O) groups excluding carboxylic acids is 1. The number of nitrogens with one attached hydrogen (secondary N) is 1. The van der Waals surface area contributed by atoms with Crippen LogP contribution in [0.1, 0.15) is 15.9 Å². The van der Waals surface area contributed by atoms with Crippen molar-refractivity contribution in [1.82, 2.24) is 0 Å². The largest absolute Gasteiger partial charge is 0.378 e. The number of carbonyl (C=O) groups is 1. The summed E-state index contributed by atoms with van der Waals surface area (Å²) in [6, 6.07) is 15.3. The molecule has 0 spiro atoms. The molecule has 0 aromatic heterocycles. The second-order valence-electron chi connectivity index (χ2n) is 4.77. The first-order valence-electron chi connectivity index (χ1n) is 6.21. The van der Waals surface area contributed by atoms with Gasteiger partial charge in [0.25, 0.3) is 5.91 Å². The van der Waals surface area contributed by atoms with Crippen molar-refractivity contribution in [2.45, 2.75) is 6.92 Å². The van der Waals surface area contributed by atoms with Crippen LogP contribution in [0.15, 0.2) is 48.5 Å². The predicted molar refractivity (Wildman–Crippen MR) is 79.9 cm³/mol. The van der Waals surface area contributed by atoms with E-state index in [9.17, 15) is 4.79 Å². The highest BCUT2D eigenvalue weighted by Gasteiger charge is 2.06. The number of benzene rings is 2. The van der Waals surface area contributed by atoms with E-state index < -0.39 is 0 Å². The number of hydrogen-bond acceptors (Lipinski definition) is 2. The second kappa shape index (κ2) is 5.57. The summed E-state index contributed by atoms with van der Waals surface area (Å²) in [6.45, 7) is 1.98. The Morgan fingerprint density at radius 3 is 2.47 bits per heavy atom. The molecule has 0 heterocycles. The third kappa shape index (κ3) is 3.35. The molecule has 0 saturated carbocycles. The van der Waals surface area contributed by atoms with Gasteiger partial charge < -0.3 is 10.2 Å². The smallest absolute Gasteiger partial charge is 0.255 e. The minimum atomic E-state index is -0.0837. The molecule has 0 unspecified atom stereocenters. The average molecular weight is 254 g/mol. The summed E-state index contributed by atoms with van der Waals surface area (Å²) in [5.41, 5.74) is 3.62. The van der Waals surface area contributed by atoms with Crippen LogP contribution in [0.3, 0.4) is 0 Å². The molecule has 0 saturated heterocycles. The number of amides is 1. The van der Waals surface area contributed by atoms with Crippen molar-refractivity contribution in [2.75, 3.05) is 24.3 Å². The van der Waals surface area contributed by atoms with Crippen molar-refractivity contribution in [2.24, 2.45) is 0 Å². The molecule has 0 radical (unpaired) electrons. The average Bonchev–Trinajstić information content (AvgIpc) is 2.39. The van der Waals surface area contributed by atoms with Crippen LogP contribution in [0.4, 0.5) is 11.4 Å². The summed E-state index contributed by atoms with van der Waals surface area (Å²) in [6.07, 6.45) is 0. The topological polar surface area (TPSA) is 32.3 Å². The minimum Gasteiger partial charge on any atom is -0.378 e. The number of anilines is 2. The van der Waals surface area contributed by atoms with Gasteiger partial charge in [0.15, 0.2) is 0 Å². The van der Waals surface area contributed by atoms with E-state index in [2.05, 4.69) is 5.32 Å². The SMILES string of the molecule is Cc1cccc(C(=O)Nc2cccc(N(C)C)c2)c1. The maximum Gasteiger partial charge on any atom is 0.255 e. The molecular formula is C16H18N2O. The van der Waals surface area contributed by atoms with E-state index in [1.807, 2.05) is 74.4 Å². The summed E-state index contributed by atoms with van der Waals surface area (Å²) >= 11 is 0. The fraction of sp³-hybridized carbons (Fsp3) is 0.188. The Labute approximate surface area is 113 Å². The van der Waals surface area contributed by atoms with Crippen molar-refractivity contribution < 1.29 is 4.79 Å². The van der Waals surface area contributed by atoms with Gasteiger partial charge >= 0.3 is 0 Å². The quantitative estimate of drug-likeness (QED) is 0.911. The van der Waals surface area contributed by atoms with E-state index in [0.717, 1.165) is 16.9 Å². The van der Waals surface area contributed by atoms with Crippen LogP contribution in [0.5, 0.6) is 0 Å². The molecule has 98 valence electrons. The molecule has 0 aliphatic heterocycles. The third-order valence-corrected chi connectivity index (χ3v) is 2.90. The molecule has 2 aromatic rings. The zero-order valence-electron chi connectivity index (χ0n) is 11.5. The Morgan fingerprint density at radius 1 is 1.05 bits per heavy atom. The summed E-state index contributed by atoms with van der Waals surface area (Å²) in [5, 5.41) is 2.92. The van der Waals surface area contributed by atoms with Gasteiger partial charge in [0, 0.05) is 31.0 Å². The molecule has 19 heavy (non-hydrogen) atoms. The summed E-state index contributed by atoms with van der Waals surface area (Å²) in [7, 11) is 3.95. The molecule has 3 nitrogen and oxygen atoms in total. The molecule has 1 N–H and O–H groups in total. The number of aryl methyl sites for hydroxylation is 1. The van der Waals surface area contributed by atoms with Crippen LogP contribution in [0.25, 0.3) is 0 Å². The van der Waals surface area contributed by atoms with E-state index in [0.29, 0.717) is 5.56 Å². The standard InChI is InChI=1S/C16H18N2O/c1-12-6-4-7-13(10-12)16(19)17-14-8-5-9-15(11-14)18(2)3/h4-11H,1-3H3,(H,17,19). The highest BCUT2D eigenvalue weighted by Crippen LogP contribution is 2.18. The first kappa shape index (κ1) is 13.1. The van der Waals surface area contributed by atoms with Crippen molar-refractivity contribution in [3.63, 3.8) is 0 Å². The van der Waals surface area contributed by atoms with Gasteiger partial charge in [-0.3, -0.25) is 4.79 Å². The molecule has 2 rings (SSSR count). The van der Waals surface area contributed by atoms with Gasteiger partial charge in [-0.15, -0.1) is 0 Å². The molecule has 0 aliphatic rings. The zero-order valence-corrected chi connectivity index (χ0v) is 11.5. The Bertz CT molecular complexity index is 591. The summed E-state index contributed by atoms with van der Waals surface area (Å²) in [4.78, 5) is 14.1. The molecule has 0 atom stereocenters. The van der Waals surface area contributed by atoms with Gasteiger partial charge in [-0.05, 0) is 37.3 Å². The Hall–Kier alpha value is -2.29. The fourth-order valence-corrected chi connectivity index (χ4v) is 1.85. The van der Waals surface area contributed by atoms with Gasteiger partial charge in [0.05, 0.1) is 0 Å². The van der Waals surface area contributed by atoms with E-state index in [4.69, 9.17) is 0 Å². The first-order chi connectivity index (χ1) is 9.06. The van der Waals surface area contributed by atoms with Crippen LogP contribution >= 0.6 is 0 Å². The maximum absolute atomic E-state index is 12.1. The van der Waals surface area contributed by atoms with Crippen LogP contribution in [-0.2, 0) is 0 Å². The van der Waals surface area contributed by atoms with Crippen LogP contribution in [0, 0.1) is 6.92 Å². The molecule has 3 heteroatoms. The first-order valence-corrected chi connectivity index (χ1v) is 6.21. The number of hydrogen-bond donors (Lipinski definition) is 1. The highest BCUT2D eigenvalue weighted by molar-refractivity contribution is 6.04. The monoisotopic (exact) mass is 254 g/mol. The predicted octanol–water partition coefficient (Wildman–Crippen LogP) is 3.31. The van der Waals surface area contributed by atoms with Crippen LogP contribution in [0.2, 0.25) is 0 Å². The highest BCUT2D eigenvalue weighted by atomic mass is 16.1. The lowest BCUT2D eigenvalue weighted by Crippen LogP contribution is -2.13. The van der Waals surface area contributed by atoms with Gasteiger partial charge in [-0.2, -0.15) is 0 Å². The summed E-state index contributed by atoms with van der Waals surface area (Å²) < 4.78 is 0. The van der Waals surface area contributed by atoms with Gasteiger partial charge in [0.2, 0.25) is 0 Å². The van der Waals surface area contributed by atoms with E-state index in [-0.39, 0.29) is 5.91 Å². The van der Waals surface area contributed by atoms with E-state index in [1.165, 1.54) is 0 Å². The van der Waals surface area contributed by atoms with E-state index in [1.54, 1.807) is 0 Å². The second-order valence-corrected chi connectivity index (χ2v) is 4.77. The van der Waals surface area contributed by atoms with Crippen molar-refractivity contribution in [1.29, 1.82) is 0 Å². The van der Waals surface area contributed by atoms with Gasteiger partial charge in [-0.1, -0.05) is 23.8 Å².